The summed E-state index contributed by atoms with van der Waals surface area (Å²) < 4.78 is 6.53. The van der Waals surface area contributed by atoms with Crippen LogP contribution in [0, 0.1) is 29.6 Å². The molecule has 6 atom stereocenters. The van der Waals surface area contributed by atoms with Crippen LogP contribution in [0.25, 0.3) is 0 Å². The number of amides is 1. The van der Waals surface area contributed by atoms with Crippen LogP contribution in [0.4, 0.5) is 0 Å². The van der Waals surface area contributed by atoms with Crippen molar-refractivity contribution < 1.29 is 14.3 Å². The van der Waals surface area contributed by atoms with Gasteiger partial charge in [-0.2, -0.15) is 0 Å². The first-order chi connectivity index (χ1) is 11.0. The molecule has 2 bridgehead atoms. The van der Waals surface area contributed by atoms with Crippen LogP contribution < -0.4 is 0 Å². The summed E-state index contributed by atoms with van der Waals surface area (Å²) in [4.78, 5) is 28.1. The number of carbonyl (C=O) groups excluding carboxylic acids is 2. The minimum absolute atomic E-state index is 0.0369. The monoisotopic (exact) mass is 317 g/mol. The fraction of sp³-hybridized carbons (Fsp3) is 0.895. The molecular formula is C19H27NO3. The van der Waals surface area contributed by atoms with E-state index in [9.17, 15) is 9.59 Å². The van der Waals surface area contributed by atoms with E-state index in [1.165, 1.54) is 19.3 Å². The highest BCUT2D eigenvalue weighted by atomic mass is 16.5. The highest BCUT2D eigenvalue weighted by Crippen LogP contribution is 2.68. The summed E-state index contributed by atoms with van der Waals surface area (Å²) >= 11 is 0. The Bertz CT molecular complexity index is 567. The number of nitrogens with zero attached hydrogens (tertiary/aromatic N) is 1. The van der Waals surface area contributed by atoms with Crippen LogP contribution in [0.3, 0.4) is 0 Å². The lowest BCUT2D eigenvalue weighted by Gasteiger charge is -2.45. The van der Waals surface area contributed by atoms with Gasteiger partial charge in [0.15, 0.2) is 5.78 Å². The first-order valence-corrected chi connectivity index (χ1v) is 9.59. The normalized spacial score (nSPS) is 48.3. The van der Waals surface area contributed by atoms with Crippen molar-refractivity contribution in [1.29, 1.82) is 0 Å². The molecule has 126 valence electrons. The molecule has 4 nitrogen and oxygen atoms in total. The topological polar surface area (TPSA) is 46.6 Å². The van der Waals surface area contributed by atoms with Gasteiger partial charge < -0.3 is 9.64 Å². The van der Waals surface area contributed by atoms with E-state index in [4.69, 9.17) is 4.74 Å². The lowest BCUT2D eigenvalue weighted by molar-refractivity contribution is -0.184. The van der Waals surface area contributed by atoms with Crippen molar-refractivity contribution >= 4 is 11.7 Å². The van der Waals surface area contributed by atoms with Crippen LogP contribution in [0.2, 0.25) is 0 Å². The number of carbonyl (C=O) groups is 2. The van der Waals surface area contributed by atoms with Crippen molar-refractivity contribution in [2.24, 2.45) is 29.6 Å². The van der Waals surface area contributed by atoms with Crippen LogP contribution in [0.5, 0.6) is 0 Å². The van der Waals surface area contributed by atoms with E-state index in [-0.39, 0.29) is 35.5 Å². The molecule has 2 heterocycles. The van der Waals surface area contributed by atoms with Crippen molar-refractivity contribution in [2.45, 2.75) is 76.7 Å². The third kappa shape index (κ3) is 1.61. The zero-order chi connectivity index (χ0) is 15.9. The highest BCUT2D eigenvalue weighted by molar-refractivity contribution is 5.98. The van der Waals surface area contributed by atoms with E-state index in [1.54, 1.807) is 0 Å². The molecular weight excluding hydrogens is 290 g/mol. The van der Waals surface area contributed by atoms with Crippen molar-refractivity contribution in [3.63, 3.8) is 0 Å². The van der Waals surface area contributed by atoms with Crippen LogP contribution in [-0.2, 0) is 14.3 Å². The van der Waals surface area contributed by atoms with E-state index in [1.807, 2.05) is 0 Å². The molecule has 5 rings (SSSR count). The number of hydrogen-bond acceptors (Lipinski definition) is 3. The van der Waals surface area contributed by atoms with Crippen LogP contribution in [0.1, 0.15) is 58.8 Å². The zero-order valence-corrected chi connectivity index (χ0v) is 14.2. The van der Waals surface area contributed by atoms with E-state index in [0.717, 1.165) is 25.7 Å². The largest absolute Gasteiger partial charge is 0.344 e. The Morgan fingerprint density at radius 3 is 2.65 bits per heavy atom. The molecule has 0 spiro atoms. The molecule has 5 aliphatic rings. The number of likely N-dealkylation sites (tertiary alicyclic amines) is 1. The molecule has 4 heteroatoms. The van der Waals surface area contributed by atoms with Gasteiger partial charge in [0, 0.05) is 23.8 Å². The summed E-state index contributed by atoms with van der Waals surface area (Å²) in [6.07, 6.45) is 7.54. The molecule has 1 amide bonds. The fourth-order valence-electron chi connectivity index (χ4n) is 6.77. The summed E-state index contributed by atoms with van der Waals surface area (Å²) in [6, 6.07) is 0.342. The number of ketones is 1. The molecule has 0 radical (unpaired) electrons. The van der Waals surface area contributed by atoms with Gasteiger partial charge in [0.2, 0.25) is 5.91 Å². The molecule has 2 aliphatic heterocycles. The van der Waals surface area contributed by atoms with Gasteiger partial charge in [0.25, 0.3) is 0 Å². The molecule has 23 heavy (non-hydrogen) atoms. The number of hydrogen-bond donors (Lipinski definition) is 0. The second-order valence-corrected chi connectivity index (χ2v) is 8.94. The summed E-state index contributed by atoms with van der Waals surface area (Å²) in [6.45, 7) is 4.42. The average molecular weight is 317 g/mol. The molecule has 6 unspecified atom stereocenters. The molecule has 0 aromatic rings. The zero-order valence-electron chi connectivity index (χ0n) is 14.2. The highest BCUT2D eigenvalue weighted by Gasteiger charge is 2.78. The maximum Gasteiger partial charge on any atom is 0.229 e. The van der Waals surface area contributed by atoms with Crippen LogP contribution in [-0.4, -0.2) is 34.5 Å². The predicted octanol–water partition coefficient (Wildman–Crippen LogP) is 2.75. The Morgan fingerprint density at radius 1 is 1.22 bits per heavy atom. The number of fused-ring (bicyclic) bond motifs is 2. The van der Waals surface area contributed by atoms with Gasteiger partial charge in [-0.05, 0) is 31.6 Å². The Balaban J connectivity index is 1.59. The van der Waals surface area contributed by atoms with E-state index in [2.05, 4.69) is 18.7 Å². The first-order valence-electron chi connectivity index (χ1n) is 9.59. The van der Waals surface area contributed by atoms with Crippen LogP contribution >= 0.6 is 0 Å². The Hall–Kier alpha value is -0.900. The maximum absolute atomic E-state index is 13.3. The van der Waals surface area contributed by atoms with Gasteiger partial charge in [0.1, 0.15) is 11.8 Å². The molecule has 2 saturated heterocycles. The Kier molecular flexibility index (Phi) is 2.88. The SMILES string of the molecule is CC(C)CC12OC3C(=O)C4CC3C1C4C(=O)N2C1CCCCC1. The Labute approximate surface area is 137 Å². The van der Waals surface area contributed by atoms with Gasteiger partial charge in [-0.15, -0.1) is 0 Å². The second-order valence-electron chi connectivity index (χ2n) is 8.94. The number of rotatable bonds is 3. The summed E-state index contributed by atoms with van der Waals surface area (Å²) in [5.41, 5.74) is -0.464. The van der Waals surface area contributed by atoms with Crippen LogP contribution in [0.15, 0.2) is 0 Å². The quantitative estimate of drug-likeness (QED) is 0.804. The van der Waals surface area contributed by atoms with E-state index >= 15 is 0 Å². The minimum Gasteiger partial charge on any atom is -0.344 e. The lowest BCUT2D eigenvalue weighted by atomic mass is 9.76. The summed E-state index contributed by atoms with van der Waals surface area (Å²) in [5, 5.41) is 0. The standard InChI is InChI=1S/C19H27NO3/c1-10(2)9-19-15-13-8-12(16(21)17(13)23-19)14(15)18(22)20(19)11-6-4-3-5-7-11/h10-15,17H,3-9H2,1-2H3. The van der Waals surface area contributed by atoms with Gasteiger partial charge in [-0.1, -0.05) is 33.1 Å². The summed E-state index contributed by atoms with van der Waals surface area (Å²) in [7, 11) is 0. The van der Waals surface area contributed by atoms with Gasteiger partial charge in [-0.25, -0.2) is 0 Å². The van der Waals surface area contributed by atoms with Crippen molar-refractivity contribution in [3.8, 4) is 0 Å². The molecule has 0 N–H and O–H groups in total. The van der Waals surface area contributed by atoms with Crippen molar-refractivity contribution in [3.05, 3.63) is 0 Å². The summed E-state index contributed by atoms with van der Waals surface area (Å²) in [5.74, 6) is 1.46. The van der Waals surface area contributed by atoms with Crippen molar-refractivity contribution in [1.82, 2.24) is 4.90 Å². The van der Waals surface area contributed by atoms with Gasteiger partial charge in [-0.3, -0.25) is 9.59 Å². The third-order valence-corrected chi connectivity index (χ3v) is 7.27. The van der Waals surface area contributed by atoms with Crippen molar-refractivity contribution in [2.75, 3.05) is 0 Å². The third-order valence-electron chi connectivity index (χ3n) is 7.27. The fourth-order valence-corrected chi connectivity index (χ4v) is 6.77. The molecule has 3 saturated carbocycles. The second kappa shape index (κ2) is 4.59. The average Bonchev–Trinajstić information content (AvgIpc) is 3.16. The predicted molar refractivity (Wildman–Crippen MR) is 84.4 cm³/mol. The van der Waals surface area contributed by atoms with E-state index in [0.29, 0.717) is 17.9 Å². The maximum atomic E-state index is 13.3. The molecule has 0 aromatic carbocycles. The Morgan fingerprint density at radius 2 is 1.96 bits per heavy atom. The van der Waals surface area contributed by atoms with E-state index < -0.39 is 5.72 Å². The number of Topliss-reactive ketones (excluding diaryl/α,β-unsaturated/α-hetero) is 1. The number of ether oxygens (including phenoxy) is 1. The molecule has 5 fully saturated rings. The molecule has 3 aliphatic carbocycles. The van der Waals surface area contributed by atoms with Gasteiger partial charge >= 0.3 is 0 Å². The smallest absolute Gasteiger partial charge is 0.229 e. The minimum atomic E-state index is -0.464. The first kappa shape index (κ1) is 14.4. The lowest BCUT2D eigenvalue weighted by Crippen LogP contribution is -2.56. The van der Waals surface area contributed by atoms with Gasteiger partial charge in [0.05, 0.1) is 5.92 Å². The molecule has 0 aromatic heterocycles.